The van der Waals surface area contributed by atoms with E-state index >= 15 is 0 Å². The van der Waals surface area contributed by atoms with E-state index in [-0.39, 0.29) is 24.8 Å². The second kappa shape index (κ2) is 7.91. The number of aliphatic hydroxyl groups is 1. The average molecular weight is 401 g/mol. The van der Waals surface area contributed by atoms with Crippen LogP contribution in [0.4, 0.5) is 0 Å². The fraction of sp³-hybridized carbons (Fsp3) is 0.533. The summed E-state index contributed by atoms with van der Waals surface area (Å²) >= 11 is 3.26. The molecule has 0 aliphatic carbocycles. The Kier molecular flexibility index (Phi) is 6.14. The zero-order valence-electron chi connectivity index (χ0n) is 13.8. The van der Waals surface area contributed by atoms with Crippen LogP contribution in [-0.2, 0) is 9.53 Å². The number of hydrogen-bond acceptors (Lipinski definition) is 6. The first kappa shape index (κ1) is 18.6. The summed E-state index contributed by atoms with van der Waals surface area (Å²) in [5.74, 6) is -0.508. The number of halogens is 1. The van der Waals surface area contributed by atoms with Crippen molar-refractivity contribution in [3.05, 3.63) is 32.9 Å². The number of fused-ring (bicyclic) bond motifs is 1. The van der Waals surface area contributed by atoms with Gasteiger partial charge < -0.3 is 19.7 Å². The van der Waals surface area contributed by atoms with Gasteiger partial charge in [-0.25, -0.2) is 4.52 Å². The van der Waals surface area contributed by atoms with Crippen LogP contribution in [0.1, 0.15) is 25.6 Å². The molecular formula is C15H21BrN4O4. The lowest BCUT2D eigenvalue weighted by molar-refractivity contribution is -0.146. The number of ether oxygens (including phenoxy) is 1. The van der Waals surface area contributed by atoms with E-state index in [1.54, 1.807) is 23.8 Å². The number of aliphatic hydroxyl groups excluding tert-OH is 1. The molecule has 1 unspecified atom stereocenters. The fourth-order valence-electron chi connectivity index (χ4n) is 2.56. The lowest BCUT2D eigenvalue weighted by Gasteiger charge is -2.21. The van der Waals surface area contributed by atoms with Gasteiger partial charge in [0.25, 0.3) is 5.56 Å². The molecule has 0 aliphatic rings. The predicted molar refractivity (Wildman–Crippen MR) is 92.1 cm³/mol. The van der Waals surface area contributed by atoms with Crippen molar-refractivity contribution in [2.24, 2.45) is 0 Å². The summed E-state index contributed by atoms with van der Waals surface area (Å²) in [6.07, 6.45) is 1.77. The number of esters is 1. The maximum atomic E-state index is 12.7. The molecule has 0 saturated carbocycles. The number of hydrogen-bond donors (Lipinski definition) is 2. The molecule has 2 N–H and O–H groups in total. The molecule has 2 atom stereocenters. The number of rotatable bonds is 7. The molecule has 24 heavy (non-hydrogen) atoms. The summed E-state index contributed by atoms with van der Waals surface area (Å²) in [5, 5.41) is 16.4. The van der Waals surface area contributed by atoms with E-state index < -0.39 is 12.0 Å². The Morgan fingerprint density at radius 3 is 2.88 bits per heavy atom. The van der Waals surface area contributed by atoms with Crippen molar-refractivity contribution in [3.63, 3.8) is 0 Å². The maximum absolute atomic E-state index is 12.7. The highest BCUT2D eigenvalue weighted by Crippen LogP contribution is 2.12. The van der Waals surface area contributed by atoms with Gasteiger partial charge in [0, 0.05) is 30.5 Å². The van der Waals surface area contributed by atoms with Crippen molar-refractivity contribution >= 4 is 27.4 Å². The molecule has 0 amide bonds. The third-order valence-corrected chi connectivity index (χ3v) is 4.07. The summed E-state index contributed by atoms with van der Waals surface area (Å²) < 4.78 is 8.65. The second-order valence-corrected chi connectivity index (χ2v) is 6.30. The third kappa shape index (κ3) is 3.85. The van der Waals surface area contributed by atoms with Gasteiger partial charge in [-0.2, -0.15) is 5.10 Å². The van der Waals surface area contributed by atoms with Crippen molar-refractivity contribution < 1.29 is 14.6 Å². The summed E-state index contributed by atoms with van der Waals surface area (Å²) in [5.41, 5.74) is 1.04. The molecule has 0 fully saturated rings. The zero-order chi connectivity index (χ0) is 17.9. The van der Waals surface area contributed by atoms with Gasteiger partial charge in [-0.05, 0) is 36.7 Å². The molecule has 0 saturated heterocycles. The Hall–Kier alpha value is -1.71. The van der Waals surface area contributed by atoms with Crippen LogP contribution in [0.5, 0.6) is 0 Å². The quantitative estimate of drug-likeness (QED) is 0.661. The highest BCUT2D eigenvalue weighted by molar-refractivity contribution is 9.10. The van der Waals surface area contributed by atoms with E-state index in [1.165, 1.54) is 4.52 Å². The van der Waals surface area contributed by atoms with Crippen LogP contribution in [0.3, 0.4) is 0 Å². The van der Waals surface area contributed by atoms with Gasteiger partial charge in [-0.3, -0.25) is 9.59 Å². The van der Waals surface area contributed by atoms with Crippen LogP contribution < -0.4 is 10.9 Å². The number of aromatic nitrogens is 3. The van der Waals surface area contributed by atoms with Crippen molar-refractivity contribution in [1.82, 2.24) is 19.5 Å². The number of carbonyl (C=O) groups is 1. The molecule has 2 aromatic heterocycles. The molecular weight excluding hydrogens is 380 g/mol. The molecule has 0 spiro atoms. The first-order valence-corrected chi connectivity index (χ1v) is 8.46. The normalized spacial score (nSPS) is 13.9. The number of aryl methyl sites for hydroxylation is 1. The highest BCUT2D eigenvalue weighted by Gasteiger charge is 2.20. The van der Waals surface area contributed by atoms with Crippen LogP contribution in [0.25, 0.3) is 5.52 Å². The first-order chi connectivity index (χ1) is 11.4. The van der Waals surface area contributed by atoms with Crippen LogP contribution in [0, 0.1) is 6.92 Å². The third-order valence-electron chi connectivity index (χ3n) is 3.69. The minimum Gasteiger partial charge on any atom is -0.465 e. The molecule has 2 heterocycles. The van der Waals surface area contributed by atoms with E-state index in [4.69, 9.17) is 4.74 Å². The smallest absolute Gasteiger partial charge is 0.325 e. The lowest BCUT2D eigenvalue weighted by Crippen LogP contribution is -2.44. The van der Waals surface area contributed by atoms with Crippen molar-refractivity contribution in [1.29, 1.82) is 0 Å². The van der Waals surface area contributed by atoms with E-state index in [0.29, 0.717) is 16.7 Å². The van der Waals surface area contributed by atoms with Gasteiger partial charge in [-0.1, -0.05) is 0 Å². The lowest BCUT2D eigenvalue weighted by atomic mass is 10.2. The first-order valence-electron chi connectivity index (χ1n) is 7.66. The van der Waals surface area contributed by atoms with E-state index in [2.05, 4.69) is 26.3 Å². The highest BCUT2D eigenvalue weighted by atomic mass is 79.9. The molecule has 2 rings (SSSR count). The summed E-state index contributed by atoms with van der Waals surface area (Å²) in [4.78, 5) is 24.4. The van der Waals surface area contributed by atoms with Gasteiger partial charge >= 0.3 is 5.97 Å². The van der Waals surface area contributed by atoms with Crippen LogP contribution >= 0.6 is 15.9 Å². The molecule has 0 radical (unpaired) electrons. The Labute approximate surface area is 147 Å². The molecule has 2 aromatic rings. The van der Waals surface area contributed by atoms with E-state index in [9.17, 15) is 14.7 Å². The Morgan fingerprint density at radius 2 is 2.25 bits per heavy atom. The van der Waals surface area contributed by atoms with E-state index in [1.807, 2.05) is 13.8 Å². The minimum absolute atomic E-state index is 0.167. The van der Waals surface area contributed by atoms with Crippen LogP contribution in [0.2, 0.25) is 0 Å². The minimum atomic E-state index is -0.809. The topological polar surface area (TPSA) is 97.9 Å². The van der Waals surface area contributed by atoms with Gasteiger partial charge in [0.1, 0.15) is 16.2 Å². The fourth-order valence-corrected chi connectivity index (χ4v) is 2.95. The van der Waals surface area contributed by atoms with Gasteiger partial charge in [0.05, 0.1) is 13.2 Å². The van der Waals surface area contributed by atoms with Crippen LogP contribution in [-0.4, -0.2) is 51.1 Å². The molecule has 132 valence electrons. The predicted octanol–water partition coefficient (Wildman–Crippen LogP) is 0.642. The van der Waals surface area contributed by atoms with Crippen molar-refractivity contribution in [2.75, 3.05) is 19.8 Å². The number of nitrogens with zero attached hydrogens (tertiary/aromatic N) is 3. The largest absolute Gasteiger partial charge is 0.465 e. The zero-order valence-corrected chi connectivity index (χ0v) is 15.4. The Bertz CT molecular complexity index is 786. The summed E-state index contributed by atoms with van der Waals surface area (Å²) in [7, 11) is 0. The van der Waals surface area contributed by atoms with Crippen molar-refractivity contribution in [2.45, 2.75) is 32.9 Å². The Morgan fingerprint density at radius 1 is 1.54 bits per heavy atom. The standard InChI is InChI=1S/C15H21BrN4O4/c1-4-24-15(23)11(8-21)17-6-9(2)20-10(3)7-19-12(14(20)22)5-13(16)18-19/h5,7,9,11,17,21H,4,6,8H2,1-3H3/t9?,11-/m0/s1. The number of nitrogens with one attached hydrogen (secondary N) is 1. The maximum Gasteiger partial charge on any atom is 0.325 e. The van der Waals surface area contributed by atoms with Crippen molar-refractivity contribution in [3.8, 4) is 0 Å². The van der Waals surface area contributed by atoms with Crippen LogP contribution in [0.15, 0.2) is 21.7 Å². The van der Waals surface area contributed by atoms with E-state index in [0.717, 1.165) is 5.69 Å². The average Bonchev–Trinajstić information content (AvgIpc) is 2.88. The molecule has 0 aromatic carbocycles. The second-order valence-electron chi connectivity index (χ2n) is 5.49. The summed E-state index contributed by atoms with van der Waals surface area (Å²) in [6.45, 7) is 5.60. The van der Waals surface area contributed by atoms with Gasteiger partial charge in [0.15, 0.2) is 0 Å². The molecule has 8 nitrogen and oxygen atoms in total. The molecule has 0 aliphatic heterocycles. The Balaban J connectivity index is 2.20. The molecule has 0 bridgehead atoms. The number of carbonyl (C=O) groups excluding carboxylic acids is 1. The summed E-state index contributed by atoms with van der Waals surface area (Å²) in [6, 6.07) is 0.629. The SMILES string of the molecule is CCOC(=O)[C@H](CO)NCC(C)n1c(C)cn2nc(Br)cc2c1=O. The van der Waals surface area contributed by atoms with Gasteiger partial charge in [-0.15, -0.1) is 0 Å². The molecule has 9 heteroatoms. The van der Waals surface area contributed by atoms with Gasteiger partial charge in [0.2, 0.25) is 0 Å². The monoisotopic (exact) mass is 400 g/mol.